The van der Waals surface area contributed by atoms with Crippen LogP contribution < -0.4 is 5.73 Å². The third-order valence-electron chi connectivity index (χ3n) is 3.85. The third-order valence-corrected chi connectivity index (χ3v) is 5.72. The van der Waals surface area contributed by atoms with E-state index in [2.05, 4.69) is 0 Å². The summed E-state index contributed by atoms with van der Waals surface area (Å²) in [7, 11) is -3.35. The van der Waals surface area contributed by atoms with Crippen molar-refractivity contribution in [2.45, 2.75) is 38.2 Å². The van der Waals surface area contributed by atoms with Gasteiger partial charge in [0.15, 0.2) is 0 Å². The first-order chi connectivity index (χ1) is 10.1. The molecule has 1 aliphatic heterocycles. The molecule has 1 fully saturated rings. The molecule has 2 rings (SSSR count). The number of nitrogens with zero attached hydrogens (tertiary/aromatic N) is 1. The lowest BCUT2D eigenvalue weighted by Gasteiger charge is -2.24. The summed E-state index contributed by atoms with van der Waals surface area (Å²) in [4.78, 5) is 0. The highest BCUT2D eigenvalue weighted by molar-refractivity contribution is 7.88. The van der Waals surface area contributed by atoms with Gasteiger partial charge in [0.05, 0.1) is 11.9 Å². The van der Waals surface area contributed by atoms with Crippen molar-refractivity contribution in [3.63, 3.8) is 0 Å². The highest BCUT2D eigenvalue weighted by Gasteiger charge is 2.27. The zero-order valence-electron chi connectivity index (χ0n) is 12.5. The van der Waals surface area contributed by atoms with Gasteiger partial charge in [0, 0.05) is 26.2 Å². The summed E-state index contributed by atoms with van der Waals surface area (Å²) in [6, 6.07) is 7.43. The van der Waals surface area contributed by atoms with Crippen molar-refractivity contribution < 1.29 is 13.2 Å². The van der Waals surface area contributed by atoms with Gasteiger partial charge in [-0.15, -0.1) is 0 Å². The van der Waals surface area contributed by atoms with E-state index < -0.39 is 10.0 Å². The van der Waals surface area contributed by atoms with Crippen LogP contribution in [-0.4, -0.2) is 38.5 Å². The molecule has 1 aromatic rings. The Morgan fingerprint density at radius 2 is 2.05 bits per heavy atom. The topological polar surface area (TPSA) is 72.6 Å². The van der Waals surface area contributed by atoms with Crippen molar-refractivity contribution in [1.29, 1.82) is 0 Å². The number of rotatable bonds is 7. The van der Waals surface area contributed by atoms with Crippen LogP contribution in [0.3, 0.4) is 0 Å². The van der Waals surface area contributed by atoms with Gasteiger partial charge < -0.3 is 10.5 Å². The van der Waals surface area contributed by atoms with Crippen LogP contribution in [0.4, 0.5) is 0 Å². The van der Waals surface area contributed by atoms with Crippen LogP contribution in [0.15, 0.2) is 24.3 Å². The Bertz CT molecular complexity index is 554. The van der Waals surface area contributed by atoms with Crippen LogP contribution in [-0.2, 0) is 27.1 Å². The molecule has 1 aliphatic rings. The van der Waals surface area contributed by atoms with Crippen molar-refractivity contribution in [2.75, 3.05) is 19.7 Å². The zero-order chi connectivity index (χ0) is 15.3. The fourth-order valence-corrected chi connectivity index (χ4v) is 4.28. The maximum Gasteiger partial charge on any atom is 0.218 e. The Hall–Kier alpha value is -0.950. The number of nitrogens with two attached hydrogens (primary N) is 1. The summed E-state index contributed by atoms with van der Waals surface area (Å²) in [5.41, 5.74) is 7.35. The molecule has 0 bridgehead atoms. The smallest absolute Gasteiger partial charge is 0.218 e. The minimum atomic E-state index is -3.35. The Labute approximate surface area is 127 Å². The predicted octanol–water partition coefficient (Wildman–Crippen LogP) is 1.48. The molecule has 0 spiro atoms. The second-order valence-electron chi connectivity index (χ2n) is 5.31. The summed E-state index contributed by atoms with van der Waals surface area (Å²) in [5.74, 6) is 0.000926. The molecule has 1 unspecified atom stereocenters. The molecule has 0 amide bonds. The van der Waals surface area contributed by atoms with Gasteiger partial charge in [-0.3, -0.25) is 0 Å². The Balaban J connectivity index is 2.11. The quantitative estimate of drug-likeness (QED) is 0.827. The molecule has 6 heteroatoms. The third kappa shape index (κ3) is 4.26. The highest BCUT2D eigenvalue weighted by atomic mass is 32.2. The van der Waals surface area contributed by atoms with Gasteiger partial charge >= 0.3 is 0 Å². The number of ether oxygens (including phenoxy) is 1. The van der Waals surface area contributed by atoms with Crippen LogP contribution in [0.5, 0.6) is 0 Å². The maximum atomic E-state index is 12.6. The zero-order valence-corrected chi connectivity index (χ0v) is 13.3. The van der Waals surface area contributed by atoms with Crippen molar-refractivity contribution in [3.8, 4) is 0 Å². The molecule has 1 saturated heterocycles. The summed E-state index contributed by atoms with van der Waals surface area (Å²) in [6.45, 7) is 3.86. The van der Waals surface area contributed by atoms with E-state index in [0.29, 0.717) is 19.6 Å². The Morgan fingerprint density at radius 3 is 2.62 bits per heavy atom. The van der Waals surface area contributed by atoms with Crippen LogP contribution in [0.25, 0.3) is 0 Å². The molecule has 21 heavy (non-hydrogen) atoms. The molecule has 5 nitrogen and oxygen atoms in total. The number of sulfonamides is 1. The van der Waals surface area contributed by atoms with Crippen LogP contribution in [0, 0.1) is 0 Å². The fraction of sp³-hybridized carbons (Fsp3) is 0.600. The summed E-state index contributed by atoms with van der Waals surface area (Å²) >= 11 is 0. The van der Waals surface area contributed by atoms with Gasteiger partial charge in [-0.1, -0.05) is 31.2 Å². The molecule has 118 valence electrons. The minimum Gasteiger partial charge on any atom is -0.377 e. The Morgan fingerprint density at radius 1 is 1.33 bits per heavy atom. The van der Waals surface area contributed by atoms with E-state index in [1.165, 1.54) is 4.31 Å². The second-order valence-corrected chi connectivity index (χ2v) is 7.28. The van der Waals surface area contributed by atoms with Crippen LogP contribution in [0.2, 0.25) is 0 Å². The lowest BCUT2D eigenvalue weighted by molar-refractivity contribution is 0.0946. The molecular weight excluding hydrogens is 288 g/mol. The standard InChI is InChI=1S/C15H24N2O3S/c1-2-17(11-15-8-5-9-20-15)21(18,19)12-14-7-4-3-6-13(14)10-16/h3-4,6-7,15H,2,5,8-12,16H2,1H3. The summed E-state index contributed by atoms with van der Waals surface area (Å²) in [6.07, 6.45) is 1.98. The predicted molar refractivity (Wildman–Crippen MR) is 83.2 cm³/mol. The molecule has 2 N–H and O–H groups in total. The van der Waals surface area contributed by atoms with E-state index in [1.807, 2.05) is 31.2 Å². The average Bonchev–Trinajstić information content (AvgIpc) is 2.97. The fourth-order valence-electron chi connectivity index (χ4n) is 2.64. The van der Waals surface area contributed by atoms with Gasteiger partial charge in [-0.25, -0.2) is 8.42 Å². The van der Waals surface area contributed by atoms with E-state index in [0.717, 1.165) is 30.6 Å². The van der Waals surface area contributed by atoms with Crippen LogP contribution >= 0.6 is 0 Å². The first-order valence-corrected chi connectivity index (χ1v) is 9.04. The van der Waals surface area contributed by atoms with Gasteiger partial charge in [-0.05, 0) is 24.0 Å². The summed E-state index contributed by atoms with van der Waals surface area (Å²) in [5, 5.41) is 0. The van der Waals surface area contributed by atoms with Crippen molar-refractivity contribution >= 4 is 10.0 Å². The van der Waals surface area contributed by atoms with Gasteiger partial charge in [0.1, 0.15) is 0 Å². The molecule has 0 aromatic heterocycles. The molecule has 0 radical (unpaired) electrons. The van der Waals surface area contributed by atoms with Gasteiger partial charge in [0.2, 0.25) is 10.0 Å². The summed E-state index contributed by atoms with van der Waals surface area (Å²) < 4.78 is 32.3. The molecule has 0 aliphatic carbocycles. The maximum absolute atomic E-state index is 12.6. The molecule has 1 aromatic carbocycles. The second kappa shape index (κ2) is 7.35. The normalized spacial score (nSPS) is 19.3. The minimum absolute atomic E-state index is 0.000926. The number of hydrogen-bond acceptors (Lipinski definition) is 4. The van der Waals surface area contributed by atoms with Gasteiger partial charge in [0.25, 0.3) is 0 Å². The first-order valence-electron chi connectivity index (χ1n) is 7.43. The average molecular weight is 312 g/mol. The first kappa shape index (κ1) is 16.4. The number of likely N-dealkylation sites (N-methyl/N-ethyl adjacent to an activating group) is 1. The van der Waals surface area contributed by atoms with Gasteiger partial charge in [-0.2, -0.15) is 4.31 Å². The highest BCUT2D eigenvalue weighted by Crippen LogP contribution is 2.19. The molecule has 0 saturated carbocycles. The molecule has 1 atom stereocenters. The van der Waals surface area contributed by atoms with E-state index in [4.69, 9.17) is 10.5 Å². The number of benzene rings is 1. The Kier molecular flexibility index (Phi) is 5.75. The lowest BCUT2D eigenvalue weighted by Crippen LogP contribution is -2.38. The molecular formula is C15H24N2O3S. The van der Waals surface area contributed by atoms with Crippen molar-refractivity contribution in [3.05, 3.63) is 35.4 Å². The monoisotopic (exact) mass is 312 g/mol. The van der Waals surface area contributed by atoms with Crippen molar-refractivity contribution in [2.24, 2.45) is 5.73 Å². The van der Waals surface area contributed by atoms with E-state index in [-0.39, 0.29) is 11.9 Å². The van der Waals surface area contributed by atoms with Crippen molar-refractivity contribution in [1.82, 2.24) is 4.31 Å². The van der Waals surface area contributed by atoms with Crippen LogP contribution in [0.1, 0.15) is 30.9 Å². The largest absolute Gasteiger partial charge is 0.377 e. The SMILES string of the molecule is CCN(CC1CCCO1)S(=O)(=O)Cc1ccccc1CN. The van der Waals surface area contributed by atoms with E-state index in [1.54, 1.807) is 0 Å². The number of hydrogen-bond donors (Lipinski definition) is 1. The van der Waals surface area contributed by atoms with E-state index in [9.17, 15) is 8.42 Å². The molecule has 1 heterocycles. The lowest BCUT2D eigenvalue weighted by atomic mass is 10.1. The van der Waals surface area contributed by atoms with E-state index >= 15 is 0 Å².